The summed E-state index contributed by atoms with van der Waals surface area (Å²) in [5, 5.41) is 3.65. The van der Waals surface area contributed by atoms with Crippen LogP contribution < -0.4 is 5.32 Å². The minimum absolute atomic E-state index is 0.208. The van der Waals surface area contributed by atoms with Gasteiger partial charge in [0.1, 0.15) is 5.82 Å². The van der Waals surface area contributed by atoms with Crippen LogP contribution in [-0.4, -0.2) is 22.1 Å². The van der Waals surface area contributed by atoms with Gasteiger partial charge >= 0.3 is 0 Å². The summed E-state index contributed by atoms with van der Waals surface area (Å²) >= 11 is 0. The van der Waals surface area contributed by atoms with Gasteiger partial charge in [0, 0.05) is 23.3 Å². The molecule has 3 rings (SSSR count). The molecule has 0 amide bonds. The maximum absolute atomic E-state index is 4.87. The van der Waals surface area contributed by atoms with Crippen LogP contribution in [0.4, 0.5) is 0 Å². The molecule has 1 unspecified atom stereocenters. The molecule has 0 bridgehead atoms. The topological polar surface area (TPSA) is 37.8 Å². The van der Waals surface area contributed by atoms with Gasteiger partial charge < -0.3 is 5.32 Å². The Morgan fingerprint density at radius 1 is 1.10 bits per heavy atom. The summed E-state index contributed by atoms with van der Waals surface area (Å²) in [6.07, 6.45) is 7.39. The Kier molecular flexibility index (Phi) is 4.04. The largest absolute Gasteiger partial charge is 0.312 e. The van der Waals surface area contributed by atoms with Crippen molar-refractivity contribution in [1.29, 1.82) is 0 Å². The highest BCUT2D eigenvalue weighted by molar-refractivity contribution is 5.28. The summed E-state index contributed by atoms with van der Waals surface area (Å²) in [6.45, 7) is 10.00. The Labute approximate surface area is 129 Å². The van der Waals surface area contributed by atoms with Crippen LogP contribution in [-0.2, 0) is 19.3 Å². The molecule has 1 fully saturated rings. The van der Waals surface area contributed by atoms with Crippen LogP contribution in [0.3, 0.4) is 0 Å². The van der Waals surface area contributed by atoms with Gasteiger partial charge in [-0.1, -0.05) is 0 Å². The lowest BCUT2D eigenvalue weighted by Crippen LogP contribution is -2.40. The fraction of sp³-hybridized carbons (Fsp3) is 0.778. The predicted molar refractivity (Wildman–Crippen MR) is 86.5 cm³/mol. The Bertz CT molecular complexity index is 512. The van der Waals surface area contributed by atoms with Gasteiger partial charge in [0.15, 0.2) is 0 Å². The summed E-state index contributed by atoms with van der Waals surface area (Å²) < 4.78 is 0. The van der Waals surface area contributed by atoms with E-state index in [4.69, 9.17) is 9.97 Å². The number of nitrogens with one attached hydrogen (secondary N) is 1. The number of aromatic nitrogens is 2. The van der Waals surface area contributed by atoms with Gasteiger partial charge in [-0.3, -0.25) is 0 Å². The van der Waals surface area contributed by atoms with Crippen molar-refractivity contribution in [2.24, 2.45) is 11.8 Å². The van der Waals surface area contributed by atoms with E-state index in [0.29, 0.717) is 0 Å². The molecule has 3 nitrogen and oxygen atoms in total. The molecule has 1 heterocycles. The van der Waals surface area contributed by atoms with E-state index in [1.165, 1.54) is 36.2 Å². The average Bonchev–Trinajstić information content (AvgIpc) is 3.20. The Hall–Kier alpha value is -0.960. The van der Waals surface area contributed by atoms with Crippen molar-refractivity contribution in [3.05, 3.63) is 22.8 Å². The standard InChI is InChI=1S/C18H29N3/c1-12-15-9-14(11-19-18(2,3)4)7-8-16(15)21-17(20-12)10-13-5-6-13/h13-14,19H,5-11H2,1-4H3. The quantitative estimate of drug-likeness (QED) is 0.924. The van der Waals surface area contributed by atoms with Crippen molar-refractivity contribution in [2.45, 2.75) is 71.8 Å². The minimum atomic E-state index is 0.208. The first kappa shape index (κ1) is 15.0. The smallest absolute Gasteiger partial charge is 0.129 e. The van der Waals surface area contributed by atoms with Gasteiger partial charge in [0.25, 0.3) is 0 Å². The lowest BCUT2D eigenvalue weighted by Gasteiger charge is -2.29. The van der Waals surface area contributed by atoms with Crippen LogP contribution in [0.25, 0.3) is 0 Å². The zero-order valence-electron chi connectivity index (χ0n) is 14.0. The Morgan fingerprint density at radius 2 is 1.86 bits per heavy atom. The first-order chi connectivity index (χ1) is 9.90. The first-order valence-electron chi connectivity index (χ1n) is 8.51. The minimum Gasteiger partial charge on any atom is -0.312 e. The van der Waals surface area contributed by atoms with Gasteiger partial charge in [0.05, 0.1) is 0 Å². The monoisotopic (exact) mass is 287 g/mol. The molecule has 0 aromatic carbocycles. The molecule has 0 spiro atoms. The third-order valence-corrected chi connectivity index (χ3v) is 4.72. The molecule has 3 heteroatoms. The van der Waals surface area contributed by atoms with Gasteiger partial charge in [0.2, 0.25) is 0 Å². The molecule has 2 aliphatic rings. The van der Waals surface area contributed by atoms with E-state index in [9.17, 15) is 0 Å². The second-order valence-corrected chi connectivity index (χ2v) is 8.04. The average molecular weight is 287 g/mol. The number of hydrogen-bond donors (Lipinski definition) is 1. The highest BCUT2D eigenvalue weighted by Crippen LogP contribution is 2.33. The van der Waals surface area contributed by atoms with Gasteiger partial charge in [-0.05, 0) is 83.7 Å². The van der Waals surface area contributed by atoms with E-state index in [1.807, 2.05) is 0 Å². The summed E-state index contributed by atoms with van der Waals surface area (Å²) in [4.78, 5) is 9.64. The zero-order valence-corrected chi connectivity index (χ0v) is 14.0. The molecular formula is C18H29N3. The number of aryl methyl sites for hydroxylation is 2. The van der Waals surface area contributed by atoms with Crippen molar-refractivity contribution >= 4 is 0 Å². The van der Waals surface area contributed by atoms with Gasteiger partial charge in [-0.25, -0.2) is 9.97 Å². The summed E-state index contributed by atoms with van der Waals surface area (Å²) in [5.74, 6) is 2.70. The van der Waals surface area contributed by atoms with E-state index in [-0.39, 0.29) is 5.54 Å². The van der Waals surface area contributed by atoms with Gasteiger partial charge in [-0.2, -0.15) is 0 Å². The van der Waals surface area contributed by atoms with Crippen LogP contribution in [0.1, 0.15) is 62.8 Å². The lowest BCUT2D eigenvalue weighted by molar-refractivity contribution is 0.346. The number of hydrogen-bond acceptors (Lipinski definition) is 3. The van der Waals surface area contributed by atoms with Crippen LogP contribution in [0.15, 0.2) is 0 Å². The summed E-state index contributed by atoms with van der Waals surface area (Å²) in [7, 11) is 0. The highest BCUT2D eigenvalue weighted by Gasteiger charge is 2.26. The highest BCUT2D eigenvalue weighted by atomic mass is 14.9. The first-order valence-corrected chi connectivity index (χ1v) is 8.51. The molecule has 0 aliphatic heterocycles. The summed E-state index contributed by atoms with van der Waals surface area (Å²) in [6, 6.07) is 0. The van der Waals surface area contributed by atoms with Crippen molar-refractivity contribution in [3.8, 4) is 0 Å². The molecule has 1 N–H and O–H groups in total. The van der Waals surface area contributed by atoms with E-state index in [1.54, 1.807) is 0 Å². The molecule has 1 aromatic heterocycles. The SMILES string of the molecule is Cc1nc(CC2CC2)nc2c1CC(CNC(C)(C)C)CC2. The predicted octanol–water partition coefficient (Wildman–Crippen LogP) is 3.23. The second-order valence-electron chi connectivity index (χ2n) is 8.04. The van der Waals surface area contributed by atoms with E-state index < -0.39 is 0 Å². The molecular weight excluding hydrogens is 258 g/mol. The second kappa shape index (κ2) is 5.68. The fourth-order valence-corrected chi connectivity index (χ4v) is 3.22. The molecule has 2 aliphatic carbocycles. The number of nitrogens with zero attached hydrogens (tertiary/aromatic N) is 2. The van der Waals surface area contributed by atoms with Crippen LogP contribution in [0.5, 0.6) is 0 Å². The zero-order chi connectivity index (χ0) is 15.0. The normalized spacial score (nSPS) is 22.2. The third kappa shape index (κ3) is 4.03. The third-order valence-electron chi connectivity index (χ3n) is 4.72. The maximum Gasteiger partial charge on any atom is 0.129 e. The van der Waals surface area contributed by atoms with Crippen molar-refractivity contribution in [1.82, 2.24) is 15.3 Å². The molecule has 21 heavy (non-hydrogen) atoms. The summed E-state index contributed by atoms with van der Waals surface area (Å²) in [5.41, 5.74) is 4.21. The lowest BCUT2D eigenvalue weighted by atomic mass is 9.85. The van der Waals surface area contributed by atoms with E-state index >= 15 is 0 Å². The van der Waals surface area contributed by atoms with E-state index in [2.05, 4.69) is 33.0 Å². The molecule has 116 valence electrons. The van der Waals surface area contributed by atoms with Crippen molar-refractivity contribution in [2.75, 3.05) is 6.54 Å². The van der Waals surface area contributed by atoms with Crippen LogP contribution in [0.2, 0.25) is 0 Å². The molecule has 1 saturated carbocycles. The molecule has 0 saturated heterocycles. The van der Waals surface area contributed by atoms with Crippen LogP contribution >= 0.6 is 0 Å². The van der Waals surface area contributed by atoms with E-state index in [0.717, 1.165) is 43.5 Å². The molecule has 1 atom stereocenters. The van der Waals surface area contributed by atoms with Gasteiger partial charge in [-0.15, -0.1) is 0 Å². The van der Waals surface area contributed by atoms with Crippen molar-refractivity contribution < 1.29 is 0 Å². The Morgan fingerprint density at radius 3 is 2.52 bits per heavy atom. The Balaban J connectivity index is 1.67. The molecule has 0 radical (unpaired) electrons. The maximum atomic E-state index is 4.87. The fourth-order valence-electron chi connectivity index (χ4n) is 3.22. The van der Waals surface area contributed by atoms with Crippen molar-refractivity contribution in [3.63, 3.8) is 0 Å². The number of rotatable bonds is 4. The van der Waals surface area contributed by atoms with Crippen LogP contribution in [0, 0.1) is 18.8 Å². The number of fused-ring (bicyclic) bond motifs is 1. The molecule has 1 aromatic rings.